The summed E-state index contributed by atoms with van der Waals surface area (Å²) in [4.78, 5) is 17.5. The number of amides is 1. The van der Waals surface area contributed by atoms with E-state index in [1.165, 1.54) is 4.90 Å². The van der Waals surface area contributed by atoms with E-state index in [2.05, 4.69) is 22.4 Å². The van der Waals surface area contributed by atoms with Gasteiger partial charge in [0.15, 0.2) is 11.7 Å². The Morgan fingerprint density at radius 2 is 1.93 bits per heavy atom. The second-order valence-corrected chi connectivity index (χ2v) is 7.38. The second kappa shape index (κ2) is 10.6. The molecule has 0 aliphatic carbocycles. The lowest BCUT2D eigenvalue weighted by Gasteiger charge is -2.04. The molecule has 1 aromatic heterocycles. The van der Waals surface area contributed by atoms with Crippen LogP contribution in [0, 0.1) is 0 Å². The maximum atomic E-state index is 12.0. The number of aryl methyl sites for hydroxylation is 1. The van der Waals surface area contributed by atoms with Crippen LogP contribution in [0.25, 0.3) is 11.3 Å². The number of hydrogen-bond donors (Lipinski definition) is 1. The van der Waals surface area contributed by atoms with Gasteiger partial charge in [-0.1, -0.05) is 18.2 Å². The molecule has 5 nitrogen and oxygen atoms in total. The van der Waals surface area contributed by atoms with E-state index in [4.69, 9.17) is 9.15 Å². The van der Waals surface area contributed by atoms with Gasteiger partial charge in [0.25, 0.3) is 0 Å². The Hall–Kier alpha value is -2.73. The van der Waals surface area contributed by atoms with Crippen LogP contribution in [0.1, 0.15) is 18.7 Å². The molecule has 0 aliphatic rings. The molecule has 0 spiro atoms. The minimum absolute atomic E-state index is 0.0221. The highest BCUT2D eigenvalue weighted by molar-refractivity contribution is 7.99. The molecule has 3 rings (SSSR count). The van der Waals surface area contributed by atoms with Gasteiger partial charge in [-0.15, -0.1) is 11.8 Å². The Bertz CT molecular complexity index is 863. The highest BCUT2D eigenvalue weighted by Gasteiger charge is 2.09. The molecule has 0 bridgehead atoms. The third-order valence-electron chi connectivity index (χ3n) is 4.15. The van der Waals surface area contributed by atoms with Crippen molar-refractivity contribution in [2.75, 3.05) is 19.4 Å². The molecular formula is C22H24N2O3S. The number of hydrogen-bond acceptors (Lipinski definition) is 5. The van der Waals surface area contributed by atoms with Crippen LogP contribution in [0.2, 0.25) is 0 Å². The molecule has 2 aromatic carbocycles. The number of thioether (sulfide) groups is 1. The molecule has 0 saturated heterocycles. The molecule has 0 atom stereocenters. The van der Waals surface area contributed by atoms with Crippen LogP contribution in [0.15, 0.2) is 70.1 Å². The topological polar surface area (TPSA) is 64.4 Å². The van der Waals surface area contributed by atoms with E-state index < -0.39 is 0 Å². The Morgan fingerprint density at radius 3 is 2.68 bits per heavy atom. The normalized spacial score (nSPS) is 10.6. The monoisotopic (exact) mass is 396 g/mol. The maximum absolute atomic E-state index is 12.0. The number of nitrogens with zero attached hydrogens (tertiary/aromatic N) is 1. The van der Waals surface area contributed by atoms with Crippen molar-refractivity contribution in [1.82, 2.24) is 10.3 Å². The summed E-state index contributed by atoms with van der Waals surface area (Å²) in [5, 5.41) is 2.95. The smallest absolute Gasteiger partial charge is 0.220 e. The summed E-state index contributed by atoms with van der Waals surface area (Å²) < 4.78 is 10.9. The first kappa shape index (κ1) is 20.0. The highest BCUT2D eigenvalue weighted by atomic mass is 32.2. The van der Waals surface area contributed by atoms with E-state index in [1.54, 1.807) is 25.1 Å². The fraction of sp³-hybridized carbons (Fsp3) is 0.273. The van der Waals surface area contributed by atoms with Crippen molar-refractivity contribution < 1.29 is 13.9 Å². The molecule has 146 valence electrons. The van der Waals surface area contributed by atoms with Crippen LogP contribution < -0.4 is 10.1 Å². The van der Waals surface area contributed by atoms with Crippen LogP contribution in [-0.2, 0) is 11.2 Å². The van der Waals surface area contributed by atoms with Gasteiger partial charge in [-0.3, -0.25) is 4.79 Å². The van der Waals surface area contributed by atoms with Gasteiger partial charge < -0.3 is 14.5 Å². The molecule has 1 heterocycles. The minimum atomic E-state index is 0.0221. The predicted octanol–water partition coefficient (Wildman–Crippen LogP) is 4.58. The Morgan fingerprint density at radius 1 is 1.14 bits per heavy atom. The molecule has 28 heavy (non-hydrogen) atoms. The lowest BCUT2D eigenvalue weighted by Crippen LogP contribution is -2.25. The summed E-state index contributed by atoms with van der Waals surface area (Å²) in [7, 11) is 1.63. The molecule has 0 unspecified atom stereocenters. The first-order valence-electron chi connectivity index (χ1n) is 9.28. The fourth-order valence-electron chi connectivity index (χ4n) is 2.63. The summed E-state index contributed by atoms with van der Waals surface area (Å²) in [5.41, 5.74) is 0.930. The minimum Gasteiger partial charge on any atom is -0.497 e. The van der Waals surface area contributed by atoms with E-state index in [0.717, 1.165) is 23.5 Å². The molecule has 0 radical (unpaired) electrons. The number of aromatic nitrogens is 1. The van der Waals surface area contributed by atoms with Crippen molar-refractivity contribution in [3.63, 3.8) is 0 Å². The second-order valence-electron chi connectivity index (χ2n) is 6.21. The standard InChI is InChI=1S/C22H24N2O3S/c1-26-18-10-8-17(9-11-18)20-16-24-22(27-20)13-12-21(25)23-14-5-15-28-19-6-3-2-4-7-19/h2-4,6-11,16H,5,12-15H2,1H3,(H,23,25). The summed E-state index contributed by atoms with van der Waals surface area (Å²) in [5.74, 6) is 3.06. The highest BCUT2D eigenvalue weighted by Crippen LogP contribution is 2.23. The van der Waals surface area contributed by atoms with Gasteiger partial charge in [0.05, 0.1) is 13.3 Å². The lowest BCUT2D eigenvalue weighted by atomic mass is 10.2. The number of methoxy groups -OCH3 is 1. The van der Waals surface area contributed by atoms with Crippen LogP contribution in [0.3, 0.4) is 0 Å². The van der Waals surface area contributed by atoms with Crippen LogP contribution in [0.4, 0.5) is 0 Å². The van der Waals surface area contributed by atoms with Gasteiger partial charge in [0, 0.05) is 29.8 Å². The van der Waals surface area contributed by atoms with E-state index in [1.807, 2.05) is 42.5 Å². The van der Waals surface area contributed by atoms with Gasteiger partial charge in [0.2, 0.25) is 5.91 Å². The number of ether oxygens (including phenoxy) is 1. The van der Waals surface area contributed by atoms with Crippen molar-refractivity contribution in [1.29, 1.82) is 0 Å². The molecule has 6 heteroatoms. The average molecular weight is 397 g/mol. The van der Waals surface area contributed by atoms with Crippen molar-refractivity contribution in [3.8, 4) is 17.1 Å². The Labute approximate surface area is 169 Å². The Balaban J connectivity index is 1.35. The predicted molar refractivity (Wildman–Crippen MR) is 112 cm³/mol. The average Bonchev–Trinajstić information content (AvgIpc) is 3.22. The summed E-state index contributed by atoms with van der Waals surface area (Å²) in [6, 6.07) is 17.9. The van der Waals surface area contributed by atoms with E-state index >= 15 is 0 Å². The van der Waals surface area contributed by atoms with E-state index in [-0.39, 0.29) is 5.91 Å². The number of carbonyl (C=O) groups excluding carboxylic acids is 1. The first-order chi connectivity index (χ1) is 13.7. The number of benzene rings is 2. The van der Waals surface area contributed by atoms with Crippen molar-refractivity contribution >= 4 is 17.7 Å². The summed E-state index contributed by atoms with van der Waals surface area (Å²) in [6.07, 6.45) is 3.48. The van der Waals surface area contributed by atoms with Gasteiger partial charge in [-0.2, -0.15) is 0 Å². The number of rotatable bonds is 10. The quantitative estimate of drug-likeness (QED) is 0.401. The van der Waals surface area contributed by atoms with Crippen LogP contribution in [-0.4, -0.2) is 30.3 Å². The summed E-state index contributed by atoms with van der Waals surface area (Å²) in [6.45, 7) is 0.682. The van der Waals surface area contributed by atoms with Crippen molar-refractivity contribution in [2.45, 2.75) is 24.2 Å². The van der Waals surface area contributed by atoms with E-state index in [0.29, 0.717) is 31.0 Å². The number of carbonyl (C=O) groups is 1. The molecule has 1 amide bonds. The molecule has 0 saturated carbocycles. The zero-order valence-electron chi connectivity index (χ0n) is 15.9. The van der Waals surface area contributed by atoms with Crippen LogP contribution in [0.5, 0.6) is 5.75 Å². The zero-order chi connectivity index (χ0) is 19.6. The third kappa shape index (κ3) is 6.16. The fourth-order valence-corrected chi connectivity index (χ4v) is 3.50. The molecule has 1 N–H and O–H groups in total. The molecule has 0 aliphatic heterocycles. The van der Waals surface area contributed by atoms with Crippen molar-refractivity contribution in [2.24, 2.45) is 0 Å². The maximum Gasteiger partial charge on any atom is 0.220 e. The lowest BCUT2D eigenvalue weighted by molar-refractivity contribution is -0.121. The SMILES string of the molecule is COc1ccc(-c2cnc(CCC(=O)NCCCSc3ccccc3)o2)cc1. The first-order valence-corrected chi connectivity index (χ1v) is 10.3. The van der Waals surface area contributed by atoms with Gasteiger partial charge in [0.1, 0.15) is 5.75 Å². The zero-order valence-corrected chi connectivity index (χ0v) is 16.7. The largest absolute Gasteiger partial charge is 0.497 e. The van der Waals surface area contributed by atoms with Gasteiger partial charge >= 0.3 is 0 Å². The van der Waals surface area contributed by atoms with Crippen LogP contribution >= 0.6 is 11.8 Å². The molecule has 3 aromatic rings. The molecular weight excluding hydrogens is 372 g/mol. The number of oxazole rings is 1. The van der Waals surface area contributed by atoms with Gasteiger partial charge in [-0.25, -0.2) is 4.98 Å². The Kier molecular flexibility index (Phi) is 7.55. The third-order valence-corrected chi connectivity index (χ3v) is 5.25. The molecule has 0 fully saturated rings. The van der Waals surface area contributed by atoms with E-state index in [9.17, 15) is 4.79 Å². The summed E-state index contributed by atoms with van der Waals surface area (Å²) >= 11 is 1.80. The van der Waals surface area contributed by atoms with Gasteiger partial charge in [-0.05, 0) is 48.6 Å². The van der Waals surface area contributed by atoms with Crippen molar-refractivity contribution in [3.05, 3.63) is 66.7 Å². The number of nitrogens with one attached hydrogen (secondary N) is 1.